The highest BCUT2D eigenvalue weighted by molar-refractivity contribution is 5.96. The number of nitrogens with one attached hydrogen (secondary N) is 2. The summed E-state index contributed by atoms with van der Waals surface area (Å²) in [4.78, 5) is 16.9. The van der Waals surface area contributed by atoms with Gasteiger partial charge in [-0.15, -0.1) is 0 Å². The van der Waals surface area contributed by atoms with Crippen molar-refractivity contribution in [2.75, 3.05) is 13.3 Å². The van der Waals surface area contributed by atoms with Crippen molar-refractivity contribution in [3.05, 3.63) is 71.7 Å². The fourth-order valence-corrected chi connectivity index (χ4v) is 3.15. The topological polar surface area (TPSA) is 117 Å². The number of carbonyl (C=O) groups excluding carboxylic acids is 1. The van der Waals surface area contributed by atoms with Crippen LogP contribution in [0.25, 0.3) is 0 Å². The summed E-state index contributed by atoms with van der Waals surface area (Å²) < 4.78 is 36.5. The molecule has 9 nitrogen and oxygen atoms in total. The van der Waals surface area contributed by atoms with Gasteiger partial charge in [0.2, 0.25) is 12.7 Å². The second-order valence-corrected chi connectivity index (χ2v) is 7.25. The molecule has 1 aliphatic rings. The second kappa shape index (κ2) is 10.2. The van der Waals surface area contributed by atoms with Crippen LogP contribution >= 0.6 is 0 Å². The SMILES string of the molecule is CC(CNN)Oc1ccc(CNC(=O)c2cccnc2Oc2ccc3c(c2)OCO3)c(F)c1. The summed E-state index contributed by atoms with van der Waals surface area (Å²) in [5.41, 5.74) is 3.01. The van der Waals surface area contributed by atoms with Crippen molar-refractivity contribution in [2.24, 2.45) is 5.84 Å². The van der Waals surface area contributed by atoms with E-state index in [4.69, 9.17) is 24.8 Å². The van der Waals surface area contributed by atoms with E-state index in [0.717, 1.165) is 0 Å². The lowest BCUT2D eigenvalue weighted by atomic mass is 10.2. The molecular formula is C23H23FN4O5. The van der Waals surface area contributed by atoms with Gasteiger partial charge >= 0.3 is 0 Å². The first-order valence-electron chi connectivity index (χ1n) is 10.2. The van der Waals surface area contributed by atoms with E-state index in [9.17, 15) is 9.18 Å². The van der Waals surface area contributed by atoms with Crippen molar-refractivity contribution in [3.8, 4) is 28.9 Å². The van der Waals surface area contributed by atoms with E-state index in [1.165, 1.54) is 12.3 Å². The smallest absolute Gasteiger partial charge is 0.257 e. The van der Waals surface area contributed by atoms with Crippen molar-refractivity contribution in [1.82, 2.24) is 15.7 Å². The van der Waals surface area contributed by atoms with Crippen LogP contribution in [0.15, 0.2) is 54.7 Å². The van der Waals surface area contributed by atoms with Crippen LogP contribution in [-0.4, -0.2) is 30.3 Å². The predicted molar refractivity (Wildman–Crippen MR) is 117 cm³/mol. The lowest BCUT2D eigenvalue weighted by Gasteiger charge is -2.15. The summed E-state index contributed by atoms with van der Waals surface area (Å²) in [5.74, 6) is 6.39. The lowest BCUT2D eigenvalue weighted by molar-refractivity contribution is 0.0947. The number of fused-ring (bicyclic) bond motifs is 1. The standard InChI is InChI=1S/C23H23FN4O5/c1-14(11-28-25)32-16-5-4-15(19(24)9-16)12-27-22(29)18-3-2-8-26-23(18)33-17-6-7-20-21(10-17)31-13-30-20/h2-10,14,28H,11-13,25H2,1H3,(H,27,29). The van der Waals surface area contributed by atoms with E-state index in [-0.39, 0.29) is 30.9 Å². The number of hydrogen-bond donors (Lipinski definition) is 3. The molecule has 0 spiro atoms. The van der Waals surface area contributed by atoms with E-state index >= 15 is 0 Å². The minimum Gasteiger partial charge on any atom is -0.489 e. The van der Waals surface area contributed by atoms with Crippen LogP contribution in [0.1, 0.15) is 22.8 Å². The van der Waals surface area contributed by atoms with E-state index in [1.54, 1.807) is 42.5 Å². The largest absolute Gasteiger partial charge is 0.489 e. The Morgan fingerprint density at radius 3 is 2.82 bits per heavy atom. The van der Waals surface area contributed by atoms with E-state index in [0.29, 0.717) is 35.1 Å². The molecule has 3 aromatic rings. The monoisotopic (exact) mass is 454 g/mol. The zero-order valence-electron chi connectivity index (χ0n) is 17.8. The van der Waals surface area contributed by atoms with Gasteiger partial charge in [-0.2, -0.15) is 0 Å². The summed E-state index contributed by atoms with van der Waals surface area (Å²) in [6, 6.07) is 12.7. The van der Waals surface area contributed by atoms with E-state index in [2.05, 4.69) is 15.7 Å². The number of nitrogens with zero attached hydrogens (tertiary/aromatic N) is 1. The van der Waals surface area contributed by atoms with Crippen LogP contribution in [0.2, 0.25) is 0 Å². The van der Waals surface area contributed by atoms with Gasteiger partial charge in [-0.3, -0.25) is 16.1 Å². The Balaban J connectivity index is 1.41. The number of aromatic nitrogens is 1. The molecule has 1 atom stereocenters. The summed E-state index contributed by atoms with van der Waals surface area (Å²) in [6.45, 7) is 2.34. The highest BCUT2D eigenvalue weighted by atomic mass is 19.1. The number of hydrogen-bond acceptors (Lipinski definition) is 8. The Hall–Kier alpha value is -3.89. The molecule has 0 aliphatic carbocycles. The average Bonchev–Trinajstić information content (AvgIpc) is 3.27. The molecule has 0 saturated carbocycles. The number of carbonyl (C=O) groups is 1. The summed E-state index contributed by atoms with van der Waals surface area (Å²) in [7, 11) is 0. The Labute approximate surface area is 189 Å². The molecule has 2 heterocycles. The molecule has 10 heteroatoms. The minimum atomic E-state index is -0.497. The van der Waals surface area contributed by atoms with Crippen molar-refractivity contribution in [2.45, 2.75) is 19.6 Å². The number of nitrogens with two attached hydrogens (primary N) is 1. The zero-order valence-corrected chi connectivity index (χ0v) is 17.8. The van der Waals surface area contributed by atoms with Gasteiger partial charge in [0.15, 0.2) is 11.5 Å². The molecule has 2 aromatic carbocycles. The first-order valence-corrected chi connectivity index (χ1v) is 10.2. The van der Waals surface area contributed by atoms with Crippen molar-refractivity contribution < 1.29 is 28.1 Å². The fraction of sp³-hybridized carbons (Fsp3) is 0.217. The molecule has 1 aliphatic heterocycles. The first kappa shape index (κ1) is 22.3. The molecule has 4 N–H and O–H groups in total. The maximum atomic E-state index is 14.5. The van der Waals surface area contributed by atoms with Gasteiger partial charge in [-0.05, 0) is 37.3 Å². The van der Waals surface area contributed by atoms with Crippen LogP contribution < -0.4 is 35.5 Å². The van der Waals surface area contributed by atoms with Gasteiger partial charge in [0.25, 0.3) is 5.91 Å². The number of benzene rings is 2. The van der Waals surface area contributed by atoms with Crippen LogP contribution in [0.5, 0.6) is 28.9 Å². The number of pyridine rings is 1. The maximum absolute atomic E-state index is 14.5. The summed E-state index contributed by atoms with van der Waals surface area (Å²) in [6.07, 6.45) is 1.28. The van der Waals surface area contributed by atoms with E-state index in [1.807, 2.05) is 6.92 Å². The molecule has 33 heavy (non-hydrogen) atoms. The first-order chi connectivity index (χ1) is 16.0. The van der Waals surface area contributed by atoms with Crippen LogP contribution in [0.4, 0.5) is 4.39 Å². The Kier molecular flexibility index (Phi) is 6.86. The van der Waals surface area contributed by atoms with Crippen LogP contribution in [-0.2, 0) is 6.54 Å². The van der Waals surface area contributed by atoms with Gasteiger partial charge in [-0.1, -0.05) is 6.07 Å². The van der Waals surface area contributed by atoms with Crippen LogP contribution in [0.3, 0.4) is 0 Å². The number of ether oxygens (including phenoxy) is 4. The third-order valence-corrected chi connectivity index (χ3v) is 4.78. The quantitative estimate of drug-likeness (QED) is 0.334. The number of rotatable bonds is 9. The number of amides is 1. The van der Waals surface area contributed by atoms with Gasteiger partial charge in [-0.25, -0.2) is 9.37 Å². The molecule has 0 fully saturated rings. The molecule has 1 aromatic heterocycles. The zero-order chi connectivity index (χ0) is 23.2. The van der Waals surface area contributed by atoms with Gasteiger partial charge < -0.3 is 24.3 Å². The molecule has 4 rings (SSSR count). The summed E-state index contributed by atoms with van der Waals surface area (Å²) in [5, 5.41) is 2.69. The summed E-state index contributed by atoms with van der Waals surface area (Å²) >= 11 is 0. The number of hydrazine groups is 1. The Morgan fingerprint density at radius 2 is 2.00 bits per heavy atom. The average molecular weight is 454 g/mol. The van der Waals surface area contributed by atoms with Gasteiger partial charge in [0.05, 0.1) is 0 Å². The lowest BCUT2D eigenvalue weighted by Crippen LogP contribution is -2.33. The molecule has 1 unspecified atom stereocenters. The highest BCUT2D eigenvalue weighted by Crippen LogP contribution is 2.36. The Morgan fingerprint density at radius 1 is 1.18 bits per heavy atom. The maximum Gasteiger partial charge on any atom is 0.257 e. The second-order valence-electron chi connectivity index (χ2n) is 7.25. The van der Waals surface area contributed by atoms with Gasteiger partial charge in [0, 0.05) is 37.0 Å². The van der Waals surface area contributed by atoms with Crippen molar-refractivity contribution in [1.29, 1.82) is 0 Å². The molecule has 0 bridgehead atoms. The molecule has 1 amide bonds. The molecule has 172 valence electrons. The predicted octanol–water partition coefficient (Wildman–Crippen LogP) is 2.90. The van der Waals surface area contributed by atoms with Crippen LogP contribution in [0, 0.1) is 5.82 Å². The fourth-order valence-electron chi connectivity index (χ4n) is 3.15. The highest BCUT2D eigenvalue weighted by Gasteiger charge is 2.18. The van der Waals surface area contributed by atoms with E-state index < -0.39 is 11.7 Å². The third kappa shape index (κ3) is 5.48. The molecule has 0 saturated heterocycles. The van der Waals surface area contributed by atoms with Crippen molar-refractivity contribution in [3.63, 3.8) is 0 Å². The third-order valence-electron chi connectivity index (χ3n) is 4.78. The van der Waals surface area contributed by atoms with Crippen molar-refractivity contribution >= 4 is 5.91 Å². The molecular weight excluding hydrogens is 431 g/mol. The number of halogens is 1. The minimum absolute atomic E-state index is 0.0246. The normalized spacial score (nSPS) is 12.8. The Bertz CT molecular complexity index is 1140. The molecule has 0 radical (unpaired) electrons. The van der Waals surface area contributed by atoms with Gasteiger partial charge in [0.1, 0.15) is 29.0 Å².